The number of pyridine rings is 1. The minimum absolute atomic E-state index is 0.101. The summed E-state index contributed by atoms with van der Waals surface area (Å²) >= 11 is 12.3. The van der Waals surface area contributed by atoms with Crippen LogP contribution in [-0.4, -0.2) is 46.7 Å². The number of nitrogen functional groups attached to an aromatic ring is 1. The largest absolute Gasteiger partial charge is 0.484 e. The molecule has 1 aliphatic heterocycles. The third-order valence-electron chi connectivity index (χ3n) is 5.74. The Morgan fingerprint density at radius 3 is 2.69 bits per heavy atom. The lowest BCUT2D eigenvalue weighted by molar-refractivity contribution is -0.132. The molecule has 1 fully saturated rings. The zero-order valence-corrected chi connectivity index (χ0v) is 20.4. The monoisotopic (exact) mass is 519 g/mol. The molecule has 0 bridgehead atoms. The van der Waals surface area contributed by atoms with Gasteiger partial charge < -0.3 is 25.2 Å². The predicted molar refractivity (Wildman–Crippen MR) is 132 cm³/mol. The van der Waals surface area contributed by atoms with E-state index in [1.807, 2.05) is 12.1 Å². The summed E-state index contributed by atoms with van der Waals surface area (Å²) < 4.78 is 25.5. The standard InChI is InChI=1S/C25H24Cl2FN3O4/c1-14(23-19(26)6-7-20(28)24(23)27)35-21-10-16(11-30-25(21)29)15-2-4-18(5-3-15)34-13-22(33)31-9-8-17(32)12-31/h2-7,10-11,14,17,32H,8-9,12-13H2,1H3,(H2,29,30)/t14?,17-/m1/s1. The molecule has 1 saturated heterocycles. The van der Waals surface area contributed by atoms with Gasteiger partial charge in [0.25, 0.3) is 5.91 Å². The van der Waals surface area contributed by atoms with E-state index in [1.54, 1.807) is 36.2 Å². The number of nitrogens with zero attached hydrogens (tertiary/aromatic N) is 2. The minimum Gasteiger partial charge on any atom is -0.484 e. The van der Waals surface area contributed by atoms with Gasteiger partial charge in [0.2, 0.25) is 0 Å². The van der Waals surface area contributed by atoms with Crippen LogP contribution in [0, 0.1) is 5.82 Å². The number of aromatic nitrogens is 1. The number of carbonyl (C=O) groups excluding carboxylic acids is 1. The number of aliphatic hydroxyl groups excluding tert-OH is 1. The van der Waals surface area contributed by atoms with Crippen LogP contribution in [0.4, 0.5) is 10.2 Å². The number of nitrogens with two attached hydrogens (primary N) is 1. The molecule has 1 unspecified atom stereocenters. The smallest absolute Gasteiger partial charge is 0.260 e. The maximum Gasteiger partial charge on any atom is 0.260 e. The summed E-state index contributed by atoms with van der Waals surface area (Å²) in [6.07, 6.45) is 1.04. The molecule has 35 heavy (non-hydrogen) atoms. The Morgan fingerprint density at radius 1 is 1.26 bits per heavy atom. The van der Waals surface area contributed by atoms with Crippen LogP contribution in [0.3, 0.4) is 0 Å². The van der Waals surface area contributed by atoms with E-state index in [0.717, 1.165) is 11.1 Å². The normalized spacial score (nSPS) is 16.3. The van der Waals surface area contributed by atoms with Crippen molar-refractivity contribution in [3.63, 3.8) is 0 Å². The number of rotatable bonds is 7. The van der Waals surface area contributed by atoms with Gasteiger partial charge in [0.1, 0.15) is 17.7 Å². The number of hydrogen-bond acceptors (Lipinski definition) is 6. The first-order valence-electron chi connectivity index (χ1n) is 11.0. The van der Waals surface area contributed by atoms with E-state index in [2.05, 4.69) is 4.98 Å². The van der Waals surface area contributed by atoms with Gasteiger partial charge >= 0.3 is 0 Å². The summed E-state index contributed by atoms with van der Waals surface area (Å²) in [5.41, 5.74) is 7.87. The molecule has 1 aromatic heterocycles. The van der Waals surface area contributed by atoms with Crippen LogP contribution in [0.2, 0.25) is 10.0 Å². The Labute approximate surface area is 212 Å². The van der Waals surface area contributed by atoms with E-state index in [9.17, 15) is 14.3 Å². The molecule has 2 atom stereocenters. The van der Waals surface area contributed by atoms with Crippen molar-refractivity contribution < 1.29 is 23.8 Å². The molecule has 2 heterocycles. The molecule has 3 N–H and O–H groups in total. The summed E-state index contributed by atoms with van der Waals surface area (Å²) in [6.45, 7) is 2.46. The molecular formula is C25H24Cl2FN3O4. The van der Waals surface area contributed by atoms with Gasteiger partial charge in [0, 0.05) is 35.4 Å². The van der Waals surface area contributed by atoms with Crippen molar-refractivity contribution >= 4 is 34.9 Å². The van der Waals surface area contributed by atoms with Gasteiger partial charge in [-0.1, -0.05) is 35.3 Å². The average molecular weight is 520 g/mol. The highest BCUT2D eigenvalue weighted by molar-refractivity contribution is 6.36. The highest BCUT2D eigenvalue weighted by atomic mass is 35.5. The van der Waals surface area contributed by atoms with E-state index in [-0.39, 0.29) is 28.4 Å². The summed E-state index contributed by atoms with van der Waals surface area (Å²) in [5.74, 6) is 0.233. The fraction of sp³-hybridized carbons (Fsp3) is 0.280. The first-order chi connectivity index (χ1) is 16.7. The molecule has 0 radical (unpaired) electrons. The summed E-state index contributed by atoms with van der Waals surface area (Å²) in [6, 6.07) is 11.5. The highest BCUT2D eigenvalue weighted by Gasteiger charge is 2.24. The van der Waals surface area contributed by atoms with Crippen LogP contribution < -0.4 is 15.2 Å². The first-order valence-corrected chi connectivity index (χ1v) is 11.7. The minimum atomic E-state index is -0.685. The molecule has 2 aromatic carbocycles. The number of ether oxygens (including phenoxy) is 2. The molecule has 4 rings (SSSR count). The maximum atomic E-state index is 13.9. The summed E-state index contributed by atoms with van der Waals surface area (Å²) in [5, 5.41) is 9.74. The molecule has 0 aliphatic carbocycles. The van der Waals surface area contributed by atoms with Crippen LogP contribution in [0.15, 0.2) is 48.7 Å². The van der Waals surface area contributed by atoms with E-state index in [1.165, 1.54) is 12.1 Å². The topological polar surface area (TPSA) is 97.9 Å². The molecule has 1 aliphatic rings. The second-order valence-corrected chi connectivity index (χ2v) is 9.00. The molecule has 7 nitrogen and oxygen atoms in total. The number of β-amino-alcohol motifs (C(OH)–C–C–N with tert-alkyl or cyclic N) is 1. The Bertz CT molecular complexity index is 1230. The van der Waals surface area contributed by atoms with Crippen molar-refractivity contribution in [2.24, 2.45) is 0 Å². The van der Waals surface area contributed by atoms with Gasteiger partial charge in [-0.3, -0.25) is 4.79 Å². The zero-order chi connectivity index (χ0) is 25.1. The third kappa shape index (κ3) is 5.78. The lowest BCUT2D eigenvalue weighted by Gasteiger charge is -2.19. The summed E-state index contributed by atoms with van der Waals surface area (Å²) in [4.78, 5) is 18.0. The van der Waals surface area contributed by atoms with E-state index < -0.39 is 18.0 Å². The second kappa shape index (κ2) is 10.7. The number of amides is 1. The SMILES string of the molecule is CC(Oc1cc(-c2ccc(OCC(=O)N3CC[C@@H](O)C3)cc2)cnc1N)c1c(Cl)ccc(F)c1Cl. The summed E-state index contributed by atoms with van der Waals surface area (Å²) in [7, 11) is 0. The van der Waals surface area contributed by atoms with Gasteiger partial charge in [-0.05, 0) is 49.2 Å². The Balaban J connectivity index is 1.44. The van der Waals surface area contributed by atoms with Crippen molar-refractivity contribution in [1.29, 1.82) is 0 Å². The fourth-order valence-corrected chi connectivity index (χ4v) is 4.50. The Morgan fingerprint density at radius 2 is 2.00 bits per heavy atom. The molecular weight excluding hydrogens is 496 g/mol. The highest BCUT2D eigenvalue weighted by Crippen LogP contribution is 2.37. The van der Waals surface area contributed by atoms with Gasteiger partial charge in [0.15, 0.2) is 18.2 Å². The number of anilines is 1. The average Bonchev–Trinajstić information content (AvgIpc) is 3.28. The zero-order valence-electron chi connectivity index (χ0n) is 18.9. The van der Waals surface area contributed by atoms with E-state index in [4.69, 9.17) is 38.4 Å². The van der Waals surface area contributed by atoms with Crippen molar-refractivity contribution in [1.82, 2.24) is 9.88 Å². The van der Waals surface area contributed by atoms with Gasteiger partial charge in [-0.15, -0.1) is 0 Å². The van der Waals surface area contributed by atoms with Crippen LogP contribution in [0.1, 0.15) is 25.0 Å². The Kier molecular flexibility index (Phi) is 7.64. The quantitative estimate of drug-likeness (QED) is 0.431. The van der Waals surface area contributed by atoms with Gasteiger partial charge in [-0.2, -0.15) is 0 Å². The molecule has 184 valence electrons. The lowest BCUT2D eigenvalue weighted by atomic mass is 10.1. The molecule has 0 spiro atoms. The van der Waals surface area contributed by atoms with Crippen LogP contribution in [0.25, 0.3) is 11.1 Å². The number of benzene rings is 2. The Hall–Kier alpha value is -3.07. The second-order valence-electron chi connectivity index (χ2n) is 8.22. The number of carbonyl (C=O) groups is 1. The van der Waals surface area contributed by atoms with Crippen molar-refractivity contribution in [2.75, 3.05) is 25.4 Å². The number of likely N-dealkylation sites (tertiary alicyclic amines) is 1. The van der Waals surface area contributed by atoms with E-state index in [0.29, 0.717) is 36.6 Å². The number of aliphatic hydroxyl groups is 1. The fourth-order valence-electron chi connectivity index (χ4n) is 3.82. The molecule has 3 aromatic rings. The molecule has 10 heteroatoms. The lowest BCUT2D eigenvalue weighted by Crippen LogP contribution is -2.33. The number of hydrogen-bond donors (Lipinski definition) is 2. The first kappa shape index (κ1) is 25.0. The van der Waals surface area contributed by atoms with Crippen LogP contribution in [0.5, 0.6) is 11.5 Å². The van der Waals surface area contributed by atoms with Gasteiger partial charge in [0.05, 0.1) is 11.1 Å². The predicted octanol–water partition coefficient (Wildman–Crippen LogP) is 4.89. The van der Waals surface area contributed by atoms with Crippen molar-refractivity contribution in [3.8, 4) is 22.6 Å². The third-order valence-corrected chi connectivity index (χ3v) is 6.45. The molecule has 0 saturated carbocycles. The maximum absolute atomic E-state index is 13.9. The van der Waals surface area contributed by atoms with E-state index >= 15 is 0 Å². The van der Waals surface area contributed by atoms with Gasteiger partial charge in [-0.25, -0.2) is 9.37 Å². The van der Waals surface area contributed by atoms with Crippen molar-refractivity contribution in [3.05, 3.63) is 70.1 Å². The van der Waals surface area contributed by atoms with Crippen LogP contribution in [-0.2, 0) is 4.79 Å². The number of halogens is 3. The van der Waals surface area contributed by atoms with Crippen molar-refractivity contribution in [2.45, 2.75) is 25.6 Å². The van der Waals surface area contributed by atoms with Crippen LogP contribution >= 0.6 is 23.2 Å². The molecule has 1 amide bonds.